The summed E-state index contributed by atoms with van der Waals surface area (Å²) in [6.07, 6.45) is 1.17. The fourth-order valence-electron chi connectivity index (χ4n) is 4.63. The summed E-state index contributed by atoms with van der Waals surface area (Å²) in [6.45, 7) is 8.85. The van der Waals surface area contributed by atoms with Gasteiger partial charge in [0.25, 0.3) is 0 Å². The molecule has 0 aliphatic carbocycles. The molecule has 0 saturated heterocycles. The molecule has 1 aromatic rings. The van der Waals surface area contributed by atoms with Crippen LogP contribution >= 0.6 is 47.0 Å². The van der Waals surface area contributed by atoms with E-state index in [0.717, 1.165) is 5.75 Å². The number of rotatable bonds is 30. The normalized spacial score (nSPS) is 13.3. The van der Waals surface area contributed by atoms with Crippen molar-refractivity contribution in [2.24, 2.45) is 11.8 Å². The van der Waals surface area contributed by atoms with Crippen LogP contribution in [-0.2, 0) is 9.53 Å². The molecule has 3 unspecified atom stereocenters. The van der Waals surface area contributed by atoms with Crippen LogP contribution in [-0.4, -0.2) is 136 Å². The lowest BCUT2D eigenvalue weighted by molar-refractivity contribution is -0.125. The molecule has 0 saturated carbocycles. The average Bonchev–Trinajstić information content (AvgIpc) is 3.08. The summed E-state index contributed by atoms with van der Waals surface area (Å²) >= 11 is 6.17. The van der Waals surface area contributed by atoms with Crippen LogP contribution in [0.1, 0.15) is 63.7 Å². The van der Waals surface area contributed by atoms with Gasteiger partial charge in [-0.2, -0.15) is 35.3 Å². The second-order valence-corrected chi connectivity index (χ2v) is 17.3. The van der Waals surface area contributed by atoms with E-state index in [4.69, 9.17) is 14.2 Å². The van der Waals surface area contributed by atoms with Crippen molar-refractivity contribution in [2.45, 2.75) is 64.2 Å². The van der Waals surface area contributed by atoms with Crippen LogP contribution in [0, 0.1) is 11.8 Å². The van der Waals surface area contributed by atoms with E-state index in [0.29, 0.717) is 91.4 Å². The molecule has 0 aliphatic rings. The number of ketones is 1. The minimum atomic E-state index is -0.596. The number of amides is 2. The fourth-order valence-corrected chi connectivity index (χ4v) is 8.21. The van der Waals surface area contributed by atoms with Gasteiger partial charge in [-0.3, -0.25) is 9.59 Å². The summed E-state index contributed by atoms with van der Waals surface area (Å²) in [5.41, 5.74) is -0.241. The molecule has 294 valence electrons. The fraction of sp³-hybridized carbons (Fsp3) is 0.743. The summed E-state index contributed by atoms with van der Waals surface area (Å²) in [6, 6.07) is 5.07. The highest BCUT2D eigenvalue weighted by Crippen LogP contribution is 2.28. The number of alkyl carbamates (subject to hydrolysis) is 1. The maximum Gasteiger partial charge on any atom is 0.407 e. The van der Waals surface area contributed by atoms with Crippen LogP contribution < -0.4 is 20.1 Å². The molecule has 3 atom stereocenters. The predicted octanol–water partition coefficient (Wildman–Crippen LogP) is 4.31. The largest absolute Gasteiger partial charge is 0.493 e. The van der Waals surface area contributed by atoms with E-state index in [9.17, 15) is 34.8 Å². The number of benzene rings is 1. The molecule has 1 rings (SSSR count). The van der Waals surface area contributed by atoms with Crippen molar-refractivity contribution in [3.05, 3.63) is 23.8 Å². The number of carbonyl (C=O) groups is 3. The van der Waals surface area contributed by atoms with Crippen molar-refractivity contribution >= 4 is 64.8 Å². The van der Waals surface area contributed by atoms with E-state index < -0.39 is 17.6 Å². The Bertz CT molecular complexity index is 1070. The van der Waals surface area contributed by atoms with Gasteiger partial charge in [0, 0.05) is 82.7 Å². The van der Waals surface area contributed by atoms with E-state index >= 15 is 0 Å². The van der Waals surface area contributed by atoms with Gasteiger partial charge in [-0.05, 0) is 52.7 Å². The highest BCUT2D eigenvalue weighted by atomic mass is 32.2. The van der Waals surface area contributed by atoms with Crippen LogP contribution in [0.5, 0.6) is 11.5 Å². The number of hydrogen-bond acceptors (Lipinski definition) is 14. The number of Topliss-reactive ketones (excluding diaryl/α,β-unsaturated/α-hetero) is 1. The monoisotopic (exact) mass is 796 g/mol. The number of hydrogen-bond donors (Lipinski definition) is 6. The number of thioether (sulfide) groups is 4. The Balaban J connectivity index is 3.16. The molecule has 0 heterocycles. The SMILES string of the molecule is CCNC(=O)C(CCCCNC(=O)OC(C)(C)C)CC(=O)c1cc(OCC(CSCO)CSCCO)cc(OCC(CSCCO)SCCO)c1. The van der Waals surface area contributed by atoms with Gasteiger partial charge >= 0.3 is 6.09 Å². The highest BCUT2D eigenvalue weighted by Gasteiger charge is 2.24. The van der Waals surface area contributed by atoms with Crippen LogP contribution in [0.3, 0.4) is 0 Å². The van der Waals surface area contributed by atoms with Gasteiger partial charge in [0.15, 0.2) is 5.78 Å². The first kappa shape index (κ1) is 47.5. The summed E-state index contributed by atoms with van der Waals surface area (Å²) in [5, 5.41) is 42.8. The molecular weight excluding hydrogens is 737 g/mol. The third-order valence-electron chi connectivity index (χ3n) is 6.94. The molecule has 51 heavy (non-hydrogen) atoms. The van der Waals surface area contributed by atoms with Gasteiger partial charge in [0.05, 0.1) is 32.4 Å². The molecule has 0 bridgehead atoms. The first-order valence-corrected chi connectivity index (χ1v) is 21.9. The van der Waals surface area contributed by atoms with Crippen LogP contribution in [0.2, 0.25) is 0 Å². The molecule has 0 fully saturated rings. The Morgan fingerprint density at radius 2 is 1.43 bits per heavy atom. The number of ether oxygens (including phenoxy) is 3. The molecule has 0 radical (unpaired) electrons. The summed E-state index contributed by atoms with van der Waals surface area (Å²) < 4.78 is 17.7. The highest BCUT2D eigenvalue weighted by molar-refractivity contribution is 8.03. The van der Waals surface area contributed by atoms with Gasteiger partial charge < -0.3 is 45.3 Å². The zero-order chi connectivity index (χ0) is 37.9. The Labute approximate surface area is 321 Å². The van der Waals surface area contributed by atoms with Crippen molar-refractivity contribution < 1.29 is 49.0 Å². The molecule has 6 N–H and O–H groups in total. The lowest BCUT2D eigenvalue weighted by Crippen LogP contribution is -2.33. The lowest BCUT2D eigenvalue weighted by Gasteiger charge is -2.20. The van der Waals surface area contributed by atoms with Crippen molar-refractivity contribution in [3.63, 3.8) is 0 Å². The van der Waals surface area contributed by atoms with E-state index in [1.54, 1.807) is 74.3 Å². The second-order valence-electron chi connectivity index (χ2n) is 12.6. The Morgan fingerprint density at radius 3 is 2.04 bits per heavy atom. The van der Waals surface area contributed by atoms with E-state index in [-0.39, 0.29) is 55.0 Å². The van der Waals surface area contributed by atoms with Crippen LogP contribution in [0.25, 0.3) is 0 Å². The van der Waals surface area contributed by atoms with Gasteiger partial charge in [-0.1, -0.05) is 6.42 Å². The summed E-state index contributed by atoms with van der Waals surface area (Å²) in [5.74, 6) is 3.78. The maximum atomic E-state index is 13.8. The van der Waals surface area contributed by atoms with Gasteiger partial charge in [0.1, 0.15) is 23.7 Å². The van der Waals surface area contributed by atoms with Crippen molar-refractivity contribution in [3.8, 4) is 11.5 Å². The zero-order valence-electron chi connectivity index (χ0n) is 30.6. The number of carbonyl (C=O) groups excluding carboxylic acids is 3. The molecule has 16 heteroatoms. The van der Waals surface area contributed by atoms with Crippen molar-refractivity contribution in [1.82, 2.24) is 10.6 Å². The standard InChI is InChI=1S/C35H60N2O10S4/c1-5-36-33(43)27(8-6-7-9-37-34(44)47-35(2,3)4)18-32(42)28-16-29(45-20-26(23-50-25-41)22-48-13-10-38)19-30(17-28)46-21-31(51-15-12-40)24-49-14-11-39/h16-17,19,26-27,31,38-41H,5-15,18,20-25H2,1-4H3,(H,36,43)(H,37,44). The Morgan fingerprint density at radius 1 is 0.804 bits per heavy atom. The van der Waals surface area contributed by atoms with E-state index in [2.05, 4.69) is 10.6 Å². The number of aliphatic hydroxyl groups is 4. The number of unbranched alkanes of at least 4 members (excludes halogenated alkanes) is 1. The first-order valence-electron chi connectivity index (χ1n) is 17.4. The van der Waals surface area contributed by atoms with Crippen molar-refractivity contribution in [1.29, 1.82) is 0 Å². The summed E-state index contributed by atoms with van der Waals surface area (Å²) in [7, 11) is 0. The van der Waals surface area contributed by atoms with Gasteiger partial charge in [-0.25, -0.2) is 4.79 Å². The van der Waals surface area contributed by atoms with Gasteiger partial charge in [-0.15, -0.1) is 11.8 Å². The molecule has 0 aromatic heterocycles. The van der Waals surface area contributed by atoms with Crippen LogP contribution in [0.15, 0.2) is 18.2 Å². The average molecular weight is 797 g/mol. The molecular formula is C35H60N2O10S4. The Hall–Kier alpha value is -1.53. The third-order valence-corrected chi connectivity index (χ3v) is 11.5. The molecule has 2 amide bonds. The topological polar surface area (TPSA) is 184 Å². The molecule has 12 nitrogen and oxygen atoms in total. The predicted molar refractivity (Wildman–Crippen MR) is 212 cm³/mol. The quantitative estimate of drug-likeness (QED) is 0.0368. The smallest absolute Gasteiger partial charge is 0.407 e. The maximum absolute atomic E-state index is 13.8. The third kappa shape index (κ3) is 23.7. The van der Waals surface area contributed by atoms with Crippen LogP contribution in [0.4, 0.5) is 4.79 Å². The second kappa shape index (κ2) is 28.9. The summed E-state index contributed by atoms with van der Waals surface area (Å²) in [4.78, 5) is 38.8. The Kier molecular flexibility index (Phi) is 26.9. The minimum Gasteiger partial charge on any atom is -0.493 e. The molecule has 0 spiro atoms. The van der Waals surface area contributed by atoms with Crippen molar-refractivity contribution in [2.75, 3.05) is 86.6 Å². The first-order chi connectivity index (χ1) is 24.5. The molecule has 0 aliphatic heterocycles. The molecule has 1 aromatic carbocycles. The number of aliphatic hydroxyl groups excluding tert-OH is 4. The zero-order valence-corrected chi connectivity index (χ0v) is 33.8. The lowest BCUT2D eigenvalue weighted by atomic mass is 9.92. The van der Waals surface area contributed by atoms with E-state index in [1.807, 2.05) is 6.92 Å². The minimum absolute atomic E-state index is 0.0117. The number of nitrogens with one attached hydrogen (secondary N) is 2. The van der Waals surface area contributed by atoms with E-state index in [1.165, 1.54) is 11.8 Å². The van der Waals surface area contributed by atoms with Gasteiger partial charge in [0.2, 0.25) is 5.91 Å².